The van der Waals surface area contributed by atoms with E-state index < -0.39 is 34.3 Å². The van der Waals surface area contributed by atoms with Gasteiger partial charge in [0.15, 0.2) is 0 Å². The summed E-state index contributed by atoms with van der Waals surface area (Å²) in [7, 11) is -4.16. The SMILES string of the molecule is CCCCNC(=O)[C@@H](C)N(Cc1ccc(F)cc1)C(=O)CN(c1ccc(Cl)cc1)S(=O)(=O)c1ccc(C)cc1. The minimum absolute atomic E-state index is 0.0134. The molecule has 0 heterocycles. The van der Waals surface area contributed by atoms with Crippen LogP contribution in [-0.4, -0.2) is 44.3 Å². The van der Waals surface area contributed by atoms with E-state index in [-0.39, 0.29) is 23.0 Å². The molecular formula is C29H33ClFN3O4S. The smallest absolute Gasteiger partial charge is 0.264 e. The molecule has 1 atom stereocenters. The summed E-state index contributed by atoms with van der Waals surface area (Å²) in [6.07, 6.45) is 1.67. The number of unbranched alkanes of at least 4 members (excludes halogenated alkanes) is 1. The summed E-state index contributed by atoms with van der Waals surface area (Å²) in [6, 6.07) is 17.1. The lowest BCUT2D eigenvalue weighted by atomic mass is 10.1. The lowest BCUT2D eigenvalue weighted by molar-refractivity contribution is -0.139. The zero-order valence-corrected chi connectivity index (χ0v) is 23.8. The second kappa shape index (κ2) is 13.6. The summed E-state index contributed by atoms with van der Waals surface area (Å²) in [5.74, 6) is -1.39. The van der Waals surface area contributed by atoms with Gasteiger partial charge in [0.05, 0.1) is 10.6 Å². The van der Waals surface area contributed by atoms with Crippen molar-refractivity contribution in [1.29, 1.82) is 0 Å². The summed E-state index contributed by atoms with van der Waals surface area (Å²) in [4.78, 5) is 28.1. The fourth-order valence-corrected chi connectivity index (χ4v) is 5.42. The fourth-order valence-electron chi connectivity index (χ4n) is 3.88. The number of hydrogen-bond donors (Lipinski definition) is 1. The van der Waals surface area contributed by atoms with E-state index in [0.717, 1.165) is 22.7 Å². The lowest BCUT2D eigenvalue weighted by Gasteiger charge is -2.32. The standard InChI is InChI=1S/C29H33ClFN3O4S/c1-4-5-18-32-29(36)22(3)33(19-23-8-12-25(31)13-9-23)28(35)20-34(26-14-10-24(30)11-15-26)39(37,38)27-16-6-21(2)7-17-27/h6-17,22H,4-5,18-20H2,1-3H3,(H,32,36)/t22-/m1/s1. The first-order valence-corrected chi connectivity index (χ1v) is 14.5. The largest absolute Gasteiger partial charge is 0.354 e. The third kappa shape index (κ3) is 8.03. The molecule has 0 aliphatic rings. The van der Waals surface area contributed by atoms with Crippen molar-refractivity contribution >= 4 is 39.1 Å². The highest BCUT2D eigenvalue weighted by Crippen LogP contribution is 2.26. The Balaban J connectivity index is 1.98. The van der Waals surface area contributed by atoms with E-state index in [0.29, 0.717) is 17.1 Å². The third-order valence-corrected chi connectivity index (χ3v) is 8.31. The Kier molecular flexibility index (Phi) is 10.5. The van der Waals surface area contributed by atoms with Crippen LogP contribution in [0.2, 0.25) is 5.02 Å². The number of amides is 2. The van der Waals surface area contributed by atoms with Crippen molar-refractivity contribution in [3.63, 3.8) is 0 Å². The molecular weight excluding hydrogens is 541 g/mol. The monoisotopic (exact) mass is 573 g/mol. The van der Waals surface area contributed by atoms with Crippen molar-refractivity contribution in [3.8, 4) is 0 Å². The molecule has 0 unspecified atom stereocenters. The van der Waals surface area contributed by atoms with Crippen LogP contribution in [0.3, 0.4) is 0 Å². The molecule has 39 heavy (non-hydrogen) atoms. The van der Waals surface area contributed by atoms with Crippen molar-refractivity contribution in [1.82, 2.24) is 10.2 Å². The van der Waals surface area contributed by atoms with Gasteiger partial charge < -0.3 is 10.2 Å². The highest BCUT2D eigenvalue weighted by atomic mass is 35.5. The molecule has 7 nitrogen and oxygen atoms in total. The first kappa shape index (κ1) is 30.1. The zero-order chi connectivity index (χ0) is 28.6. The summed E-state index contributed by atoms with van der Waals surface area (Å²) in [5, 5.41) is 3.24. The van der Waals surface area contributed by atoms with E-state index >= 15 is 0 Å². The van der Waals surface area contributed by atoms with Gasteiger partial charge in [0, 0.05) is 18.1 Å². The number of carbonyl (C=O) groups is 2. The van der Waals surface area contributed by atoms with E-state index in [1.807, 2.05) is 13.8 Å². The predicted molar refractivity (Wildman–Crippen MR) is 151 cm³/mol. The average Bonchev–Trinajstić information content (AvgIpc) is 2.91. The van der Waals surface area contributed by atoms with Crippen LogP contribution in [0.4, 0.5) is 10.1 Å². The van der Waals surface area contributed by atoms with Gasteiger partial charge in [-0.3, -0.25) is 13.9 Å². The Labute approximate surface area is 234 Å². The Hall–Kier alpha value is -3.43. The van der Waals surface area contributed by atoms with Gasteiger partial charge in [0.2, 0.25) is 11.8 Å². The van der Waals surface area contributed by atoms with Crippen molar-refractivity contribution in [2.45, 2.75) is 51.1 Å². The van der Waals surface area contributed by atoms with Gasteiger partial charge in [-0.1, -0.05) is 54.8 Å². The van der Waals surface area contributed by atoms with Gasteiger partial charge >= 0.3 is 0 Å². The molecule has 10 heteroatoms. The van der Waals surface area contributed by atoms with Crippen LogP contribution in [0.5, 0.6) is 0 Å². The Morgan fingerprint density at radius 3 is 2.18 bits per heavy atom. The first-order valence-electron chi connectivity index (χ1n) is 12.7. The van der Waals surface area contributed by atoms with Crippen molar-refractivity contribution < 1.29 is 22.4 Å². The maximum Gasteiger partial charge on any atom is 0.264 e. The van der Waals surface area contributed by atoms with Gasteiger partial charge in [-0.2, -0.15) is 0 Å². The minimum atomic E-state index is -4.16. The van der Waals surface area contributed by atoms with Crippen LogP contribution < -0.4 is 9.62 Å². The molecule has 1 N–H and O–H groups in total. The Morgan fingerprint density at radius 1 is 0.974 bits per heavy atom. The molecule has 0 radical (unpaired) electrons. The molecule has 2 amide bonds. The molecule has 0 bridgehead atoms. The number of nitrogens with one attached hydrogen (secondary N) is 1. The maximum atomic E-state index is 13.8. The van der Waals surface area contributed by atoms with E-state index in [1.54, 1.807) is 31.2 Å². The number of nitrogens with zero attached hydrogens (tertiary/aromatic N) is 2. The molecule has 0 saturated heterocycles. The fraction of sp³-hybridized carbons (Fsp3) is 0.310. The van der Waals surface area contributed by atoms with Gasteiger partial charge in [0.1, 0.15) is 18.4 Å². The predicted octanol–water partition coefficient (Wildman–Crippen LogP) is 5.32. The summed E-state index contributed by atoms with van der Waals surface area (Å²) < 4.78 is 42.1. The molecule has 0 aromatic heterocycles. The van der Waals surface area contributed by atoms with Crippen molar-refractivity contribution in [2.24, 2.45) is 0 Å². The second-order valence-corrected chi connectivity index (χ2v) is 11.6. The van der Waals surface area contributed by atoms with Crippen molar-refractivity contribution in [3.05, 3.63) is 94.8 Å². The van der Waals surface area contributed by atoms with Gasteiger partial charge in [-0.15, -0.1) is 0 Å². The third-order valence-electron chi connectivity index (χ3n) is 6.27. The van der Waals surface area contributed by atoms with Gasteiger partial charge in [-0.05, 0) is 74.4 Å². The van der Waals surface area contributed by atoms with Gasteiger partial charge in [0.25, 0.3) is 10.0 Å². The van der Waals surface area contributed by atoms with E-state index in [9.17, 15) is 22.4 Å². The molecule has 0 saturated carbocycles. The Morgan fingerprint density at radius 2 is 1.59 bits per heavy atom. The average molecular weight is 574 g/mol. The van der Waals surface area contributed by atoms with Gasteiger partial charge in [-0.25, -0.2) is 12.8 Å². The second-order valence-electron chi connectivity index (χ2n) is 9.27. The summed E-state index contributed by atoms with van der Waals surface area (Å²) >= 11 is 6.04. The molecule has 0 aliphatic heterocycles. The van der Waals surface area contributed by atoms with Crippen LogP contribution >= 0.6 is 11.6 Å². The highest BCUT2D eigenvalue weighted by Gasteiger charge is 2.32. The number of halogens is 2. The number of carbonyl (C=O) groups excluding carboxylic acids is 2. The Bertz CT molecular complexity index is 1370. The topological polar surface area (TPSA) is 86.8 Å². The zero-order valence-electron chi connectivity index (χ0n) is 22.2. The quantitative estimate of drug-likeness (QED) is 0.297. The van der Waals surface area contributed by atoms with E-state index in [4.69, 9.17) is 11.6 Å². The normalized spacial score (nSPS) is 12.0. The minimum Gasteiger partial charge on any atom is -0.354 e. The number of anilines is 1. The van der Waals surface area contributed by atoms with Crippen LogP contribution in [0.1, 0.15) is 37.8 Å². The highest BCUT2D eigenvalue weighted by molar-refractivity contribution is 7.92. The summed E-state index contributed by atoms with van der Waals surface area (Å²) in [5.41, 5.74) is 1.73. The lowest BCUT2D eigenvalue weighted by Crippen LogP contribution is -2.51. The van der Waals surface area contributed by atoms with Crippen molar-refractivity contribution in [2.75, 3.05) is 17.4 Å². The first-order chi connectivity index (χ1) is 18.5. The molecule has 3 aromatic carbocycles. The molecule has 0 fully saturated rings. The molecule has 0 spiro atoms. The number of rotatable bonds is 12. The summed E-state index contributed by atoms with van der Waals surface area (Å²) in [6.45, 7) is 5.31. The number of aryl methyl sites for hydroxylation is 1. The van der Waals surface area contributed by atoms with Crippen LogP contribution in [0.15, 0.2) is 77.7 Å². The van der Waals surface area contributed by atoms with Crippen LogP contribution in [0.25, 0.3) is 0 Å². The number of hydrogen-bond acceptors (Lipinski definition) is 4. The number of benzene rings is 3. The van der Waals surface area contributed by atoms with E-state index in [1.165, 1.54) is 53.4 Å². The number of sulfonamides is 1. The molecule has 208 valence electrons. The van der Waals surface area contributed by atoms with Crippen LogP contribution in [0, 0.1) is 12.7 Å². The maximum absolute atomic E-state index is 13.8. The van der Waals surface area contributed by atoms with E-state index in [2.05, 4.69) is 5.32 Å². The van der Waals surface area contributed by atoms with Crippen LogP contribution in [-0.2, 0) is 26.2 Å². The molecule has 3 rings (SSSR count). The molecule has 3 aromatic rings. The molecule has 0 aliphatic carbocycles.